The number of likely N-dealkylation sites (tertiary alicyclic amines) is 1. The van der Waals surface area contributed by atoms with Gasteiger partial charge in [-0.15, -0.1) is 0 Å². The molecule has 1 aliphatic rings. The molecule has 0 aliphatic carbocycles. The Bertz CT molecular complexity index is 391. The summed E-state index contributed by atoms with van der Waals surface area (Å²) in [6.07, 6.45) is 2.57. The number of halogens is 1. The summed E-state index contributed by atoms with van der Waals surface area (Å²) >= 11 is 3.58. The van der Waals surface area contributed by atoms with E-state index in [0.29, 0.717) is 5.41 Å². The second-order valence-electron chi connectivity index (χ2n) is 5.76. The number of rotatable bonds is 2. The van der Waals surface area contributed by atoms with Crippen LogP contribution in [0.5, 0.6) is 0 Å². The second-order valence-corrected chi connectivity index (χ2v) is 6.55. The van der Waals surface area contributed by atoms with Crippen LogP contribution in [0.2, 0.25) is 0 Å². The van der Waals surface area contributed by atoms with Crippen molar-refractivity contribution in [1.82, 2.24) is 4.90 Å². The highest BCUT2D eigenvalue weighted by Gasteiger charge is 2.25. The van der Waals surface area contributed by atoms with Gasteiger partial charge in [0.1, 0.15) is 0 Å². The van der Waals surface area contributed by atoms with Gasteiger partial charge in [0.2, 0.25) is 0 Å². The predicted octanol–water partition coefficient (Wildman–Crippen LogP) is 3.65. The van der Waals surface area contributed by atoms with E-state index in [0.717, 1.165) is 16.7 Å². The van der Waals surface area contributed by atoms with Crippen molar-refractivity contribution in [2.75, 3.05) is 18.8 Å². The number of nitrogens with two attached hydrogens (primary N) is 1. The fraction of sp³-hybridized carbons (Fsp3) is 0.571. The Hall–Kier alpha value is -0.540. The van der Waals surface area contributed by atoms with Crippen LogP contribution < -0.4 is 5.73 Å². The van der Waals surface area contributed by atoms with Gasteiger partial charge in [-0.3, -0.25) is 4.90 Å². The van der Waals surface area contributed by atoms with Crippen LogP contribution >= 0.6 is 15.9 Å². The molecule has 0 spiro atoms. The van der Waals surface area contributed by atoms with E-state index >= 15 is 0 Å². The van der Waals surface area contributed by atoms with E-state index in [1.54, 1.807) is 0 Å². The summed E-state index contributed by atoms with van der Waals surface area (Å²) in [5, 5.41) is 0. The van der Waals surface area contributed by atoms with E-state index < -0.39 is 0 Å². The maximum atomic E-state index is 5.90. The molecule has 1 aliphatic heterocycles. The lowest BCUT2D eigenvalue weighted by Crippen LogP contribution is -2.36. The maximum Gasteiger partial charge on any atom is 0.0461 e. The molecule has 2 N–H and O–H groups in total. The Labute approximate surface area is 112 Å². The highest BCUT2D eigenvalue weighted by molar-refractivity contribution is 9.10. The Balaban J connectivity index is 2.00. The van der Waals surface area contributed by atoms with E-state index in [1.165, 1.54) is 31.5 Å². The van der Waals surface area contributed by atoms with Crippen molar-refractivity contribution < 1.29 is 0 Å². The molecule has 1 fully saturated rings. The van der Waals surface area contributed by atoms with Crippen LogP contribution in [-0.4, -0.2) is 18.0 Å². The molecule has 17 heavy (non-hydrogen) atoms. The third-order valence-corrected chi connectivity index (χ3v) is 4.68. The molecule has 0 saturated carbocycles. The first kappa shape index (κ1) is 12.9. The molecule has 1 aromatic rings. The van der Waals surface area contributed by atoms with Crippen molar-refractivity contribution in [3.63, 3.8) is 0 Å². The van der Waals surface area contributed by atoms with Crippen molar-refractivity contribution in [1.29, 1.82) is 0 Å². The van der Waals surface area contributed by atoms with Gasteiger partial charge in [0.25, 0.3) is 0 Å². The Morgan fingerprint density at radius 2 is 1.94 bits per heavy atom. The number of nitrogen functional groups attached to an aromatic ring is 1. The van der Waals surface area contributed by atoms with Crippen molar-refractivity contribution in [2.45, 2.75) is 33.2 Å². The highest BCUT2D eigenvalue weighted by Crippen LogP contribution is 2.31. The minimum Gasteiger partial charge on any atom is -0.398 e. The van der Waals surface area contributed by atoms with E-state index in [2.05, 4.69) is 40.7 Å². The fourth-order valence-corrected chi connectivity index (χ4v) is 2.67. The first-order chi connectivity index (χ1) is 7.98. The third kappa shape index (κ3) is 3.23. The zero-order valence-corrected chi connectivity index (χ0v) is 12.3. The van der Waals surface area contributed by atoms with E-state index in [1.807, 2.05) is 12.1 Å². The first-order valence-corrected chi connectivity index (χ1v) is 7.02. The van der Waals surface area contributed by atoms with Gasteiger partial charge in [-0.1, -0.05) is 26.0 Å². The molecule has 0 amide bonds. The van der Waals surface area contributed by atoms with Crippen molar-refractivity contribution >= 4 is 21.6 Å². The standard InChI is InChI=1S/C14H21BrN2/c1-14(2)6-8-17(9-7-14)10-11-4-3-5-12(16)13(11)15/h3-5H,6-10,16H2,1-2H3. The smallest absolute Gasteiger partial charge is 0.0461 e. The van der Waals surface area contributed by atoms with Crippen LogP contribution in [0.15, 0.2) is 22.7 Å². The molecular formula is C14H21BrN2. The van der Waals surface area contributed by atoms with Gasteiger partial charge in [-0.05, 0) is 58.9 Å². The lowest BCUT2D eigenvalue weighted by molar-refractivity contribution is 0.127. The molecule has 0 atom stereocenters. The van der Waals surface area contributed by atoms with Gasteiger partial charge < -0.3 is 5.73 Å². The maximum absolute atomic E-state index is 5.90. The number of piperidine rings is 1. The molecule has 2 nitrogen and oxygen atoms in total. The lowest BCUT2D eigenvalue weighted by atomic mass is 9.82. The van der Waals surface area contributed by atoms with E-state index in [-0.39, 0.29) is 0 Å². The Morgan fingerprint density at radius 3 is 2.59 bits per heavy atom. The fourth-order valence-electron chi connectivity index (χ4n) is 2.28. The topological polar surface area (TPSA) is 29.3 Å². The van der Waals surface area contributed by atoms with Crippen molar-refractivity contribution in [3.05, 3.63) is 28.2 Å². The average molecular weight is 297 g/mol. The molecule has 94 valence electrons. The number of nitrogens with zero attached hydrogens (tertiary/aromatic N) is 1. The summed E-state index contributed by atoms with van der Waals surface area (Å²) < 4.78 is 1.06. The normalized spacial score (nSPS) is 20.4. The zero-order chi connectivity index (χ0) is 12.5. The summed E-state index contributed by atoms with van der Waals surface area (Å²) in [6, 6.07) is 6.12. The molecule has 3 heteroatoms. The molecular weight excluding hydrogens is 276 g/mol. The summed E-state index contributed by atoms with van der Waals surface area (Å²) in [5.41, 5.74) is 8.55. The minimum absolute atomic E-state index is 0.517. The van der Waals surface area contributed by atoms with Crippen LogP contribution in [0.25, 0.3) is 0 Å². The lowest BCUT2D eigenvalue weighted by Gasteiger charge is -2.37. The summed E-state index contributed by atoms with van der Waals surface area (Å²) in [4.78, 5) is 2.52. The second kappa shape index (κ2) is 4.99. The summed E-state index contributed by atoms with van der Waals surface area (Å²) in [7, 11) is 0. The van der Waals surface area contributed by atoms with Crippen molar-refractivity contribution in [3.8, 4) is 0 Å². The average Bonchev–Trinajstić information content (AvgIpc) is 2.27. The van der Waals surface area contributed by atoms with Gasteiger partial charge in [0.05, 0.1) is 0 Å². The number of anilines is 1. The van der Waals surface area contributed by atoms with Crippen LogP contribution in [0.3, 0.4) is 0 Å². The minimum atomic E-state index is 0.517. The molecule has 1 heterocycles. The molecule has 1 aromatic carbocycles. The first-order valence-electron chi connectivity index (χ1n) is 6.23. The van der Waals surface area contributed by atoms with E-state index in [4.69, 9.17) is 5.73 Å². The molecule has 0 bridgehead atoms. The monoisotopic (exact) mass is 296 g/mol. The summed E-state index contributed by atoms with van der Waals surface area (Å²) in [6.45, 7) is 8.10. The zero-order valence-electron chi connectivity index (χ0n) is 10.7. The third-order valence-electron chi connectivity index (χ3n) is 3.71. The molecule has 0 radical (unpaired) electrons. The van der Waals surface area contributed by atoms with Gasteiger partial charge >= 0.3 is 0 Å². The molecule has 0 aromatic heterocycles. The summed E-state index contributed by atoms with van der Waals surface area (Å²) in [5.74, 6) is 0. The number of benzene rings is 1. The van der Waals surface area contributed by atoms with Crippen LogP contribution in [-0.2, 0) is 6.54 Å². The Kier molecular flexibility index (Phi) is 3.79. The van der Waals surface area contributed by atoms with Gasteiger partial charge in [-0.2, -0.15) is 0 Å². The number of hydrogen-bond acceptors (Lipinski definition) is 2. The van der Waals surface area contributed by atoms with Gasteiger partial charge in [0, 0.05) is 16.7 Å². The predicted molar refractivity (Wildman–Crippen MR) is 76.8 cm³/mol. The van der Waals surface area contributed by atoms with Gasteiger partial charge in [-0.25, -0.2) is 0 Å². The van der Waals surface area contributed by atoms with Gasteiger partial charge in [0.15, 0.2) is 0 Å². The SMILES string of the molecule is CC1(C)CCN(Cc2cccc(N)c2Br)CC1. The number of hydrogen-bond donors (Lipinski definition) is 1. The highest BCUT2D eigenvalue weighted by atomic mass is 79.9. The van der Waals surface area contributed by atoms with Crippen LogP contribution in [0.1, 0.15) is 32.3 Å². The van der Waals surface area contributed by atoms with Crippen molar-refractivity contribution in [2.24, 2.45) is 5.41 Å². The largest absolute Gasteiger partial charge is 0.398 e. The molecule has 2 rings (SSSR count). The van der Waals surface area contributed by atoms with Crippen LogP contribution in [0.4, 0.5) is 5.69 Å². The molecule has 1 saturated heterocycles. The Morgan fingerprint density at radius 1 is 1.29 bits per heavy atom. The molecule has 0 unspecified atom stereocenters. The van der Waals surface area contributed by atoms with Crippen LogP contribution in [0, 0.1) is 5.41 Å². The van der Waals surface area contributed by atoms with E-state index in [9.17, 15) is 0 Å². The quantitative estimate of drug-likeness (QED) is 0.844.